The standard InChI is InChI=1S/C15H13FN4O/c1-9(8-21)20-12-2-10(4-17-6-12)14-7-19-15-13(14)3-11(16)5-18-15/h2-9,20H,1H3,(H,18,19)/t9-/m1/s1. The molecule has 0 radical (unpaired) electrons. The van der Waals surface area contributed by atoms with E-state index in [4.69, 9.17) is 0 Å². The van der Waals surface area contributed by atoms with Gasteiger partial charge in [0.1, 0.15) is 17.8 Å². The number of hydrogen-bond acceptors (Lipinski definition) is 4. The molecule has 0 aliphatic heterocycles. The average Bonchev–Trinajstić information content (AvgIpc) is 2.90. The second-order valence-electron chi connectivity index (χ2n) is 4.78. The van der Waals surface area contributed by atoms with Crippen LogP contribution in [0.5, 0.6) is 0 Å². The van der Waals surface area contributed by atoms with E-state index in [9.17, 15) is 9.18 Å². The van der Waals surface area contributed by atoms with Crippen molar-refractivity contribution in [2.45, 2.75) is 13.0 Å². The molecule has 3 aromatic rings. The molecular weight excluding hydrogens is 271 g/mol. The highest BCUT2D eigenvalue weighted by atomic mass is 19.1. The maximum absolute atomic E-state index is 13.4. The van der Waals surface area contributed by atoms with Crippen LogP contribution in [0.4, 0.5) is 10.1 Å². The predicted molar refractivity (Wildman–Crippen MR) is 78.4 cm³/mol. The number of aromatic nitrogens is 3. The smallest absolute Gasteiger partial charge is 0.142 e. The van der Waals surface area contributed by atoms with E-state index in [2.05, 4.69) is 20.3 Å². The topological polar surface area (TPSA) is 70.7 Å². The van der Waals surface area contributed by atoms with Gasteiger partial charge in [-0.1, -0.05) is 0 Å². The molecule has 1 atom stereocenters. The van der Waals surface area contributed by atoms with Gasteiger partial charge in [-0.3, -0.25) is 4.98 Å². The number of H-pyrrole nitrogens is 1. The summed E-state index contributed by atoms with van der Waals surface area (Å²) in [6.45, 7) is 1.75. The molecular formula is C15H13FN4O. The second kappa shape index (κ2) is 5.32. The molecule has 0 saturated carbocycles. The number of rotatable bonds is 4. The van der Waals surface area contributed by atoms with Crippen LogP contribution in [0.3, 0.4) is 0 Å². The van der Waals surface area contributed by atoms with Crippen molar-refractivity contribution >= 4 is 23.0 Å². The Hall–Kier alpha value is -2.76. The van der Waals surface area contributed by atoms with Gasteiger partial charge in [0, 0.05) is 35.1 Å². The molecule has 3 heterocycles. The molecule has 0 unspecified atom stereocenters. The number of nitrogens with zero attached hydrogens (tertiary/aromatic N) is 2. The molecule has 3 rings (SSSR count). The molecule has 0 aromatic carbocycles. The molecule has 5 nitrogen and oxygen atoms in total. The van der Waals surface area contributed by atoms with Crippen LogP contribution in [0.2, 0.25) is 0 Å². The van der Waals surface area contributed by atoms with Crippen LogP contribution < -0.4 is 5.32 Å². The van der Waals surface area contributed by atoms with Crippen molar-refractivity contribution in [2.75, 3.05) is 5.32 Å². The molecule has 3 aromatic heterocycles. The molecule has 21 heavy (non-hydrogen) atoms. The number of pyridine rings is 2. The molecule has 0 spiro atoms. The Labute approximate surface area is 120 Å². The molecule has 0 bridgehead atoms. The van der Waals surface area contributed by atoms with Crippen molar-refractivity contribution in [1.29, 1.82) is 0 Å². The van der Waals surface area contributed by atoms with Crippen LogP contribution in [0.25, 0.3) is 22.2 Å². The molecule has 0 fully saturated rings. The third kappa shape index (κ3) is 2.60. The quantitative estimate of drug-likeness (QED) is 0.723. The van der Waals surface area contributed by atoms with Gasteiger partial charge < -0.3 is 15.1 Å². The number of aromatic amines is 1. The van der Waals surface area contributed by atoms with Gasteiger partial charge in [0.15, 0.2) is 0 Å². The summed E-state index contributed by atoms with van der Waals surface area (Å²) in [6, 6.07) is 2.99. The van der Waals surface area contributed by atoms with Crippen LogP contribution in [-0.4, -0.2) is 27.3 Å². The van der Waals surface area contributed by atoms with Crippen molar-refractivity contribution in [3.8, 4) is 11.1 Å². The largest absolute Gasteiger partial charge is 0.375 e. The van der Waals surface area contributed by atoms with Gasteiger partial charge in [0.05, 0.1) is 17.9 Å². The number of nitrogens with one attached hydrogen (secondary N) is 2. The number of aldehydes is 1. The number of halogens is 1. The maximum Gasteiger partial charge on any atom is 0.142 e. The zero-order valence-electron chi connectivity index (χ0n) is 11.3. The van der Waals surface area contributed by atoms with E-state index >= 15 is 0 Å². The number of fused-ring (bicyclic) bond motifs is 1. The zero-order valence-corrected chi connectivity index (χ0v) is 11.3. The van der Waals surface area contributed by atoms with Crippen molar-refractivity contribution < 1.29 is 9.18 Å². The molecule has 2 N–H and O–H groups in total. The number of carbonyl (C=O) groups is 1. The lowest BCUT2D eigenvalue weighted by atomic mass is 10.1. The Morgan fingerprint density at radius 2 is 2.19 bits per heavy atom. The van der Waals surface area contributed by atoms with E-state index in [-0.39, 0.29) is 11.9 Å². The Morgan fingerprint density at radius 1 is 1.33 bits per heavy atom. The molecule has 0 aliphatic carbocycles. The zero-order chi connectivity index (χ0) is 14.8. The fourth-order valence-electron chi connectivity index (χ4n) is 2.18. The van der Waals surface area contributed by atoms with E-state index in [1.54, 1.807) is 25.5 Å². The highest BCUT2D eigenvalue weighted by Gasteiger charge is 2.09. The van der Waals surface area contributed by atoms with E-state index < -0.39 is 0 Å². The monoisotopic (exact) mass is 284 g/mol. The summed E-state index contributed by atoms with van der Waals surface area (Å²) < 4.78 is 13.4. The summed E-state index contributed by atoms with van der Waals surface area (Å²) in [5.74, 6) is -0.389. The van der Waals surface area contributed by atoms with Crippen LogP contribution in [0.1, 0.15) is 6.92 Å². The maximum atomic E-state index is 13.4. The first kappa shape index (κ1) is 13.2. The summed E-state index contributed by atoms with van der Waals surface area (Å²) in [7, 11) is 0. The minimum absolute atomic E-state index is 0.302. The van der Waals surface area contributed by atoms with Crippen LogP contribution in [-0.2, 0) is 4.79 Å². The molecule has 6 heteroatoms. The van der Waals surface area contributed by atoms with Gasteiger partial charge >= 0.3 is 0 Å². The van der Waals surface area contributed by atoms with Gasteiger partial charge in [-0.2, -0.15) is 0 Å². The highest BCUT2D eigenvalue weighted by molar-refractivity contribution is 5.93. The summed E-state index contributed by atoms with van der Waals surface area (Å²) in [6.07, 6.45) is 7.07. The van der Waals surface area contributed by atoms with E-state index in [0.717, 1.165) is 23.1 Å². The summed E-state index contributed by atoms with van der Waals surface area (Å²) in [5.41, 5.74) is 2.97. The van der Waals surface area contributed by atoms with Crippen LogP contribution >= 0.6 is 0 Å². The second-order valence-corrected chi connectivity index (χ2v) is 4.78. The predicted octanol–water partition coefficient (Wildman–Crippen LogP) is 2.76. The van der Waals surface area contributed by atoms with Crippen molar-refractivity contribution in [3.63, 3.8) is 0 Å². The van der Waals surface area contributed by atoms with E-state index in [1.807, 2.05) is 6.07 Å². The van der Waals surface area contributed by atoms with Gasteiger partial charge in [-0.15, -0.1) is 0 Å². The highest BCUT2D eigenvalue weighted by Crippen LogP contribution is 2.29. The molecule has 0 aliphatic rings. The van der Waals surface area contributed by atoms with Crippen molar-refractivity contribution in [3.05, 3.63) is 42.7 Å². The van der Waals surface area contributed by atoms with Gasteiger partial charge in [0.25, 0.3) is 0 Å². The molecule has 106 valence electrons. The summed E-state index contributed by atoms with van der Waals surface area (Å²) in [4.78, 5) is 21.8. The third-order valence-electron chi connectivity index (χ3n) is 3.15. The van der Waals surface area contributed by atoms with Gasteiger partial charge in [0.2, 0.25) is 0 Å². The Morgan fingerprint density at radius 3 is 3.00 bits per heavy atom. The van der Waals surface area contributed by atoms with E-state index in [1.165, 1.54) is 12.3 Å². The van der Waals surface area contributed by atoms with Crippen LogP contribution in [0.15, 0.2) is 36.9 Å². The number of anilines is 1. The Kier molecular flexibility index (Phi) is 3.35. The minimum Gasteiger partial charge on any atom is -0.375 e. The van der Waals surface area contributed by atoms with Gasteiger partial charge in [-0.25, -0.2) is 9.37 Å². The van der Waals surface area contributed by atoms with Gasteiger partial charge in [-0.05, 0) is 19.1 Å². The normalized spacial score (nSPS) is 12.3. The number of carbonyl (C=O) groups excluding carboxylic acids is 1. The lowest BCUT2D eigenvalue weighted by molar-refractivity contribution is -0.108. The van der Waals surface area contributed by atoms with Crippen molar-refractivity contribution in [1.82, 2.24) is 15.0 Å². The summed E-state index contributed by atoms with van der Waals surface area (Å²) in [5, 5.41) is 3.71. The first-order valence-electron chi connectivity index (χ1n) is 6.47. The lowest BCUT2D eigenvalue weighted by Crippen LogP contribution is -2.16. The van der Waals surface area contributed by atoms with E-state index in [0.29, 0.717) is 11.0 Å². The fourth-order valence-corrected chi connectivity index (χ4v) is 2.18. The average molecular weight is 284 g/mol. The third-order valence-corrected chi connectivity index (χ3v) is 3.15. The summed E-state index contributed by atoms with van der Waals surface area (Å²) >= 11 is 0. The first-order chi connectivity index (χ1) is 10.2. The van der Waals surface area contributed by atoms with Crippen molar-refractivity contribution in [2.24, 2.45) is 0 Å². The lowest BCUT2D eigenvalue weighted by Gasteiger charge is -2.09. The minimum atomic E-state index is -0.389. The molecule has 0 saturated heterocycles. The van der Waals surface area contributed by atoms with Crippen LogP contribution in [0, 0.1) is 5.82 Å². The Bertz CT molecular complexity index is 799. The first-order valence-corrected chi connectivity index (χ1v) is 6.47. The number of hydrogen-bond donors (Lipinski definition) is 2. The Balaban J connectivity index is 2.04. The SMILES string of the molecule is C[C@H](C=O)Nc1cncc(-c2c[nH]c3ncc(F)cc23)c1. The fraction of sp³-hybridized carbons (Fsp3) is 0.133. The molecule has 0 amide bonds.